The monoisotopic (exact) mass is 532 g/mol. The summed E-state index contributed by atoms with van der Waals surface area (Å²) in [6, 6.07) is 0.644. The molecule has 38 heavy (non-hydrogen) atoms. The van der Waals surface area contributed by atoms with Crippen molar-refractivity contribution in [2.75, 3.05) is 26.2 Å². The van der Waals surface area contributed by atoms with Gasteiger partial charge in [-0.05, 0) is 149 Å². The zero-order valence-corrected chi connectivity index (χ0v) is 25.9. The van der Waals surface area contributed by atoms with E-state index in [1.165, 1.54) is 77.0 Å². The predicted octanol–water partition coefficient (Wildman–Crippen LogP) is 6.76. The minimum atomic E-state index is -0.0748. The van der Waals surface area contributed by atoms with E-state index in [1.54, 1.807) is 0 Å². The highest BCUT2D eigenvalue weighted by molar-refractivity contribution is 5.12. The van der Waals surface area contributed by atoms with Crippen LogP contribution in [0.15, 0.2) is 0 Å². The Morgan fingerprint density at radius 3 is 2.32 bits per heavy atom. The van der Waals surface area contributed by atoms with Gasteiger partial charge in [0.05, 0.1) is 6.10 Å². The lowest BCUT2D eigenvalue weighted by molar-refractivity contribution is -0.167. The lowest BCUT2D eigenvalue weighted by Crippen LogP contribution is -2.59. The molecule has 0 saturated heterocycles. The van der Waals surface area contributed by atoms with Crippen LogP contribution < -0.4 is 16.4 Å². The Bertz CT molecular complexity index is 714. The summed E-state index contributed by atoms with van der Waals surface area (Å²) in [4.78, 5) is 0. The highest BCUT2D eigenvalue weighted by Crippen LogP contribution is 2.68. The number of nitrogens with two attached hydrogens (primary N) is 1. The van der Waals surface area contributed by atoms with Crippen molar-refractivity contribution >= 4 is 0 Å². The Kier molecular flexibility index (Phi) is 11.1. The van der Waals surface area contributed by atoms with Crippen molar-refractivity contribution in [1.82, 2.24) is 10.6 Å². The zero-order chi connectivity index (χ0) is 27.3. The number of rotatable bonds is 14. The van der Waals surface area contributed by atoms with Crippen molar-refractivity contribution in [2.45, 2.75) is 137 Å². The first-order valence-electron chi connectivity index (χ1n) is 17.0. The van der Waals surface area contributed by atoms with Crippen LogP contribution >= 0.6 is 0 Å². The Morgan fingerprint density at radius 1 is 0.816 bits per heavy atom. The van der Waals surface area contributed by atoms with Crippen LogP contribution in [0.3, 0.4) is 0 Å². The molecular weight excluding hydrogens is 466 g/mol. The van der Waals surface area contributed by atoms with Crippen molar-refractivity contribution in [3.63, 3.8) is 0 Å². The summed E-state index contributed by atoms with van der Waals surface area (Å²) < 4.78 is 0. The van der Waals surface area contributed by atoms with E-state index < -0.39 is 0 Å². The number of aliphatic hydroxyl groups excluding tert-OH is 1. The minimum Gasteiger partial charge on any atom is -0.393 e. The van der Waals surface area contributed by atoms with E-state index in [4.69, 9.17) is 5.73 Å². The molecule has 222 valence electrons. The third-order valence-electron chi connectivity index (χ3n) is 12.7. The van der Waals surface area contributed by atoms with Gasteiger partial charge in [-0.1, -0.05) is 53.9 Å². The van der Waals surface area contributed by atoms with Crippen LogP contribution in [0.2, 0.25) is 0 Å². The Morgan fingerprint density at radius 2 is 1.55 bits per heavy atom. The van der Waals surface area contributed by atoms with Crippen LogP contribution in [0.4, 0.5) is 0 Å². The maximum Gasteiger partial charge on any atom is 0.0577 e. The summed E-state index contributed by atoms with van der Waals surface area (Å²) in [5.41, 5.74) is 6.48. The first-order valence-corrected chi connectivity index (χ1v) is 17.0. The molecule has 4 fully saturated rings. The third kappa shape index (κ3) is 6.66. The normalized spacial score (nSPS) is 41.5. The van der Waals surface area contributed by atoms with Gasteiger partial charge in [0.15, 0.2) is 0 Å². The molecule has 0 bridgehead atoms. The van der Waals surface area contributed by atoms with Crippen LogP contribution in [-0.2, 0) is 0 Å². The van der Waals surface area contributed by atoms with Gasteiger partial charge in [0, 0.05) is 6.04 Å². The molecule has 4 rings (SSSR count). The van der Waals surface area contributed by atoms with Crippen molar-refractivity contribution in [2.24, 2.45) is 58.0 Å². The first-order chi connectivity index (χ1) is 18.2. The quantitative estimate of drug-likeness (QED) is 0.187. The fourth-order valence-electron chi connectivity index (χ4n) is 10.5. The number of hydrogen-bond donors (Lipinski definition) is 4. The van der Waals surface area contributed by atoms with Gasteiger partial charge in [-0.2, -0.15) is 0 Å². The van der Waals surface area contributed by atoms with E-state index >= 15 is 0 Å². The van der Waals surface area contributed by atoms with Crippen LogP contribution in [-0.4, -0.2) is 43.4 Å². The van der Waals surface area contributed by atoms with E-state index in [2.05, 4.69) is 45.3 Å². The second kappa shape index (κ2) is 13.7. The molecule has 0 spiro atoms. The standard InChI is InChI=1S/C34H65N3O/c1-24(2)10-8-11-25(3)28-12-13-29-32-30(15-17-34(28,29)5)33(4)16-14-27(22-26(33)23-31(32)38)37-21-9-20-36-19-7-6-18-35/h24-32,36-38H,6-23,35H2,1-5H3/t25-,26+,27+,28-,29?,30?,31-,32?,33+,34-/m1/s1. The summed E-state index contributed by atoms with van der Waals surface area (Å²) in [5.74, 6) is 5.27. The fourth-order valence-corrected chi connectivity index (χ4v) is 10.5. The molecule has 0 heterocycles. The topological polar surface area (TPSA) is 70.3 Å². The molecule has 0 radical (unpaired) electrons. The van der Waals surface area contributed by atoms with Gasteiger partial charge in [-0.3, -0.25) is 0 Å². The van der Waals surface area contributed by atoms with E-state index in [1.807, 2.05) is 0 Å². The Hall–Kier alpha value is -0.160. The van der Waals surface area contributed by atoms with Crippen molar-refractivity contribution < 1.29 is 5.11 Å². The summed E-state index contributed by atoms with van der Waals surface area (Å²) in [5, 5.41) is 19.2. The van der Waals surface area contributed by atoms with E-state index in [-0.39, 0.29) is 6.10 Å². The van der Waals surface area contributed by atoms with Gasteiger partial charge in [0.25, 0.3) is 0 Å². The SMILES string of the molecule is CC(C)CCC[C@@H](C)[C@H]1CCC2C3C(CC[C@@]21C)[C@@]1(C)CC[C@H](NCCCNCCCCN)C[C@H]1C[C@H]3O. The van der Waals surface area contributed by atoms with Gasteiger partial charge in [-0.15, -0.1) is 0 Å². The van der Waals surface area contributed by atoms with Crippen molar-refractivity contribution in [3.8, 4) is 0 Å². The first kappa shape index (κ1) is 30.8. The predicted molar refractivity (Wildman–Crippen MR) is 162 cm³/mol. The minimum absolute atomic E-state index is 0.0748. The lowest BCUT2D eigenvalue weighted by Gasteiger charge is -2.62. The smallest absolute Gasteiger partial charge is 0.0577 e. The van der Waals surface area contributed by atoms with Gasteiger partial charge in [-0.25, -0.2) is 0 Å². The van der Waals surface area contributed by atoms with Crippen LogP contribution in [0.5, 0.6) is 0 Å². The zero-order valence-electron chi connectivity index (χ0n) is 25.9. The molecule has 0 aromatic heterocycles. The van der Waals surface area contributed by atoms with Gasteiger partial charge in [0.2, 0.25) is 0 Å². The molecule has 4 nitrogen and oxygen atoms in total. The maximum absolute atomic E-state index is 11.7. The molecule has 4 aliphatic carbocycles. The Balaban J connectivity index is 1.30. The highest BCUT2D eigenvalue weighted by atomic mass is 16.3. The van der Waals surface area contributed by atoms with Gasteiger partial charge < -0.3 is 21.5 Å². The average molecular weight is 532 g/mol. The molecule has 0 aliphatic heterocycles. The van der Waals surface area contributed by atoms with E-state index in [0.717, 1.165) is 68.6 Å². The summed E-state index contributed by atoms with van der Waals surface area (Å²) in [6.07, 6.45) is 18.2. The van der Waals surface area contributed by atoms with Crippen LogP contribution in [0.25, 0.3) is 0 Å². The maximum atomic E-state index is 11.7. The third-order valence-corrected chi connectivity index (χ3v) is 12.7. The number of unbranched alkanes of at least 4 members (excludes halogenated alkanes) is 1. The molecular formula is C34H65N3O. The second-order valence-corrected chi connectivity index (χ2v) is 15.4. The average Bonchev–Trinajstić information content (AvgIpc) is 3.23. The molecule has 0 amide bonds. The molecule has 5 N–H and O–H groups in total. The second-order valence-electron chi connectivity index (χ2n) is 15.4. The molecule has 0 aromatic rings. The van der Waals surface area contributed by atoms with Crippen molar-refractivity contribution in [3.05, 3.63) is 0 Å². The molecule has 0 aromatic carbocycles. The summed E-state index contributed by atoms with van der Waals surface area (Å²) in [6.45, 7) is 16.7. The molecule has 4 aliphatic rings. The van der Waals surface area contributed by atoms with E-state index in [9.17, 15) is 5.11 Å². The number of hydrogen-bond acceptors (Lipinski definition) is 4. The fraction of sp³-hybridized carbons (Fsp3) is 1.00. The van der Waals surface area contributed by atoms with E-state index in [0.29, 0.717) is 28.7 Å². The molecule has 4 saturated carbocycles. The van der Waals surface area contributed by atoms with Crippen LogP contribution in [0.1, 0.15) is 125 Å². The van der Waals surface area contributed by atoms with Gasteiger partial charge >= 0.3 is 0 Å². The summed E-state index contributed by atoms with van der Waals surface area (Å²) >= 11 is 0. The highest BCUT2D eigenvalue weighted by Gasteiger charge is 2.62. The molecule has 10 atom stereocenters. The number of nitrogens with one attached hydrogen (secondary N) is 2. The molecule has 4 heteroatoms. The van der Waals surface area contributed by atoms with Gasteiger partial charge in [0.1, 0.15) is 0 Å². The number of fused-ring (bicyclic) bond motifs is 5. The van der Waals surface area contributed by atoms with Crippen molar-refractivity contribution in [1.29, 1.82) is 0 Å². The molecule has 3 unspecified atom stereocenters. The largest absolute Gasteiger partial charge is 0.393 e. The van der Waals surface area contributed by atoms with Crippen LogP contribution in [0, 0.1) is 52.3 Å². The Labute approximate surface area is 236 Å². The lowest BCUT2D eigenvalue weighted by atomic mass is 9.43. The number of aliphatic hydroxyl groups is 1. The summed E-state index contributed by atoms with van der Waals surface area (Å²) in [7, 11) is 0.